The second-order valence-corrected chi connectivity index (χ2v) is 5.72. The van der Waals surface area contributed by atoms with E-state index < -0.39 is 0 Å². The second-order valence-electron chi connectivity index (χ2n) is 5.72. The van der Waals surface area contributed by atoms with Gasteiger partial charge >= 0.3 is 0 Å². The van der Waals surface area contributed by atoms with Gasteiger partial charge in [0.1, 0.15) is 0 Å². The molecular formula is C16H27N5. The zero-order valence-corrected chi connectivity index (χ0v) is 13.2. The summed E-state index contributed by atoms with van der Waals surface area (Å²) in [4.78, 5) is 11.0. The van der Waals surface area contributed by atoms with E-state index in [9.17, 15) is 0 Å². The number of pyridine rings is 1. The molecular weight excluding hydrogens is 262 g/mol. The fourth-order valence-electron chi connectivity index (χ4n) is 2.76. The van der Waals surface area contributed by atoms with E-state index in [1.165, 1.54) is 25.9 Å². The first-order valence-electron chi connectivity index (χ1n) is 7.81. The predicted octanol–water partition coefficient (Wildman–Crippen LogP) is 1.13. The van der Waals surface area contributed by atoms with Crippen LogP contribution in [0.15, 0.2) is 29.4 Å². The summed E-state index contributed by atoms with van der Waals surface area (Å²) in [5, 5.41) is 6.79. The van der Waals surface area contributed by atoms with Crippen molar-refractivity contribution in [3.05, 3.63) is 30.1 Å². The van der Waals surface area contributed by atoms with Crippen LogP contribution >= 0.6 is 0 Å². The molecule has 2 heterocycles. The molecule has 116 valence electrons. The van der Waals surface area contributed by atoms with Gasteiger partial charge in [0, 0.05) is 45.0 Å². The minimum Gasteiger partial charge on any atom is -0.356 e. The molecule has 5 nitrogen and oxygen atoms in total. The van der Waals surface area contributed by atoms with Crippen LogP contribution in [0.1, 0.15) is 18.5 Å². The molecule has 1 unspecified atom stereocenters. The summed E-state index contributed by atoms with van der Waals surface area (Å²) in [5.74, 6) is 1.61. The zero-order valence-electron chi connectivity index (χ0n) is 13.2. The van der Waals surface area contributed by atoms with Gasteiger partial charge in [0.15, 0.2) is 5.96 Å². The molecule has 1 aliphatic rings. The Morgan fingerprint density at radius 3 is 3.05 bits per heavy atom. The van der Waals surface area contributed by atoms with Crippen LogP contribution in [0.3, 0.4) is 0 Å². The quantitative estimate of drug-likeness (QED) is 0.630. The summed E-state index contributed by atoms with van der Waals surface area (Å²) < 4.78 is 0. The summed E-state index contributed by atoms with van der Waals surface area (Å²) in [5.41, 5.74) is 1.11. The molecule has 0 aliphatic carbocycles. The van der Waals surface area contributed by atoms with Crippen molar-refractivity contribution >= 4 is 5.96 Å². The fourth-order valence-corrected chi connectivity index (χ4v) is 2.76. The SMILES string of the molecule is CN=C(NCCc1ccccn1)NCC1CCCN(C)C1. The topological polar surface area (TPSA) is 52.6 Å². The highest BCUT2D eigenvalue weighted by atomic mass is 15.2. The van der Waals surface area contributed by atoms with Crippen molar-refractivity contribution in [1.29, 1.82) is 0 Å². The summed E-state index contributed by atoms with van der Waals surface area (Å²) in [7, 11) is 4.02. The summed E-state index contributed by atoms with van der Waals surface area (Å²) in [6.45, 7) is 4.25. The average molecular weight is 289 g/mol. The number of guanidine groups is 1. The largest absolute Gasteiger partial charge is 0.356 e. The van der Waals surface area contributed by atoms with Gasteiger partial charge in [-0.25, -0.2) is 0 Å². The molecule has 2 N–H and O–H groups in total. The molecule has 1 saturated heterocycles. The first-order chi connectivity index (χ1) is 10.3. The molecule has 0 bridgehead atoms. The molecule has 1 aliphatic heterocycles. The van der Waals surface area contributed by atoms with Gasteiger partial charge in [0.25, 0.3) is 0 Å². The predicted molar refractivity (Wildman–Crippen MR) is 87.5 cm³/mol. The van der Waals surface area contributed by atoms with Crippen molar-refractivity contribution in [2.24, 2.45) is 10.9 Å². The van der Waals surface area contributed by atoms with E-state index in [2.05, 4.69) is 38.6 Å². The minimum absolute atomic E-state index is 0.720. The summed E-state index contributed by atoms with van der Waals surface area (Å²) >= 11 is 0. The number of likely N-dealkylation sites (tertiary alicyclic amines) is 1. The summed E-state index contributed by atoms with van der Waals surface area (Å²) in [6, 6.07) is 6.02. The lowest BCUT2D eigenvalue weighted by molar-refractivity contribution is 0.210. The van der Waals surface area contributed by atoms with Crippen LogP contribution in [0.4, 0.5) is 0 Å². The number of aromatic nitrogens is 1. The van der Waals surface area contributed by atoms with Gasteiger partial charge < -0.3 is 15.5 Å². The Balaban J connectivity index is 1.66. The van der Waals surface area contributed by atoms with E-state index in [4.69, 9.17) is 0 Å². The monoisotopic (exact) mass is 289 g/mol. The van der Waals surface area contributed by atoms with Gasteiger partial charge in [0.05, 0.1) is 0 Å². The van der Waals surface area contributed by atoms with Crippen LogP contribution in [-0.4, -0.2) is 56.1 Å². The van der Waals surface area contributed by atoms with Crippen LogP contribution in [0.2, 0.25) is 0 Å². The van der Waals surface area contributed by atoms with Crippen molar-refractivity contribution in [1.82, 2.24) is 20.5 Å². The molecule has 5 heteroatoms. The van der Waals surface area contributed by atoms with E-state index in [0.717, 1.165) is 37.1 Å². The van der Waals surface area contributed by atoms with E-state index in [-0.39, 0.29) is 0 Å². The molecule has 0 saturated carbocycles. The number of nitrogens with zero attached hydrogens (tertiary/aromatic N) is 3. The number of hydrogen-bond donors (Lipinski definition) is 2. The maximum atomic E-state index is 4.32. The van der Waals surface area contributed by atoms with E-state index in [0.29, 0.717) is 0 Å². The van der Waals surface area contributed by atoms with Crippen molar-refractivity contribution in [3.63, 3.8) is 0 Å². The second kappa shape index (κ2) is 8.62. The smallest absolute Gasteiger partial charge is 0.190 e. The molecule has 1 aromatic rings. The Bertz CT molecular complexity index is 432. The minimum atomic E-state index is 0.720. The number of nitrogens with one attached hydrogen (secondary N) is 2. The lowest BCUT2D eigenvalue weighted by Crippen LogP contribution is -2.44. The van der Waals surface area contributed by atoms with Crippen molar-refractivity contribution in [2.75, 3.05) is 40.3 Å². The molecule has 0 radical (unpaired) electrons. The van der Waals surface area contributed by atoms with Gasteiger partial charge in [-0.15, -0.1) is 0 Å². The lowest BCUT2D eigenvalue weighted by atomic mass is 9.99. The van der Waals surface area contributed by atoms with Crippen LogP contribution in [0, 0.1) is 5.92 Å². The molecule has 1 atom stereocenters. The molecule has 0 amide bonds. The fraction of sp³-hybridized carbons (Fsp3) is 0.625. The van der Waals surface area contributed by atoms with E-state index >= 15 is 0 Å². The van der Waals surface area contributed by atoms with Crippen molar-refractivity contribution < 1.29 is 0 Å². The highest BCUT2D eigenvalue weighted by Crippen LogP contribution is 2.13. The highest BCUT2D eigenvalue weighted by Gasteiger charge is 2.17. The number of aliphatic imine (C=N–C) groups is 1. The Hall–Kier alpha value is -1.62. The highest BCUT2D eigenvalue weighted by molar-refractivity contribution is 5.79. The molecule has 1 aromatic heterocycles. The molecule has 1 fully saturated rings. The maximum Gasteiger partial charge on any atom is 0.190 e. The molecule has 0 spiro atoms. The number of hydrogen-bond acceptors (Lipinski definition) is 3. The van der Waals surface area contributed by atoms with Gasteiger partial charge in [-0.2, -0.15) is 0 Å². The van der Waals surface area contributed by atoms with E-state index in [1.807, 2.05) is 25.4 Å². The van der Waals surface area contributed by atoms with Gasteiger partial charge in [0.2, 0.25) is 0 Å². The van der Waals surface area contributed by atoms with Gasteiger partial charge in [-0.3, -0.25) is 9.98 Å². The third-order valence-electron chi connectivity index (χ3n) is 3.90. The summed E-state index contributed by atoms with van der Waals surface area (Å²) in [6.07, 6.45) is 5.35. The van der Waals surface area contributed by atoms with Crippen LogP contribution in [0.25, 0.3) is 0 Å². The van der Waals surface area contributed by atoms with E-state index in [1.54, 1.807) is 0 Å². The Labute approximate surface area is 127 Å². The normalized spacial score (nSPS) is 20.3. The van der Waals surface area contributed by atoms with Crippen LogP contribution < -0.4 is 10.6 Å². The molecule has 21 heavy (non-hydrogen) atoms. The van der Waals surface area contributed by atoms with Gasteiger partial charge in [-0.05, 0) is 44.5 Å². The standard InChI is InChI=1S/C16H27N5/c1-17-16(19-10-8-15-7-3-4-9-18-15)20-12-14-6-5-11-21(2)13-14/h3-4,7,9,14H,5-6,8,10-13H2,1-2H3,(H2,17,19,20). The Kier molecular flexibility index (Phi) is 6.47. The first-order valence-corrected chi connectivity index (χ1v) is 7.81. The maximum absolute atomic E-state index is 4.32. The van der Waals surface area contributed by atoms with Crippen molar-refractivity contribution in [2.45, 2.75) is 19.3 Å². The third kappa shape index (κ3) is 5.71. The number of piperidine rings is 1. The molecule has 2 rings (SSSR count). The molecule has 0 aromatic carbocycles. The zero-order chi connectivity index (χ0) is 14.9. The average Bonchev–Trinajstić information content (AvgIpc) is 2.52. The van der Waals surface area contributed by atoms with Crippen LogP contribution in [0.5, 0.6) is 0 Å². The van der Waals surface area contributed by atoms with Crippen molar-refractivity contribution in [3.8, 4) is 0 Å². The van der Waals surface area contributed by atoms with Crippen LogP contribution in [-0.2, 0) is 6.42 Å². The lowest BCUT2D eigenvalue weighted by Gasteiger charge is -2.30. The van der Waals surface area contributed by atoms with Gasteiger partial charge in [-0.1, -0.05) is 6.07 Å². The third-order valence-corrected chi connectivity index (χ3v) is 3.90. The Morgan fingerprint density at radius 2 is 2.33 bits per heavy atom. The number of rotatable bonds is 5. The Morgan fingerprint density at radius 1 is 1.43 bits per heavy atom. The first kappa shape index (κ1) is 15.8.